The summed E-state index contributed by atoms with van der Waals surface area (Å²) in [6, 6.07) is 0. The third kappa shape index (κ3) is 2.81. The summed E-state index contributed by atoms with van der Waals surface area (Å²) in [5, 5.41) is 3.74. The normalized spacial score (nSPS) is 25.3. The zero-order valence-corrected chi connectivity index (χ0v) is 7.99. The highest BCUT2D eigenvalue weighted by Crippen LogP contribution is 2.15. The molecule has 1 atom stereocenters. The van der Waals surface area contributed by atoms with E-state index in [0.717, 1.165) is 13.2 Å². The maximum absolute atomic E-state index is 5.10. The maximum atomic E-state index is 5.10. The van der Waals surface area contributed by atoms with Gasteiger partial charge in [0, 0.05) is 18.7 Å². The molecule has 0 aromatic heterocycles. The average Bonchev–Trinajstić information content (AvgIpc) is 2.53. The second-order valence-corrected chi connectivity index (χ2v) is 3.21. The second-order valence-electron chi connectivity index (χ2n) is 3.21. The first-order valence-electron chi connectivity index (χ1n) is 4.69. The van der Waals surface area contributed by atoms with Gasteiger partial charge in [-0.05, 0) is 26.4 Å². The van der Waals surface area contributed by atoms with Crippen LogP contribution in [0, 0.1) is 5.92 Å². The van der Waals surface area contributed by atoms with E-state index < -0.39 is 0 Å². The molecule has 70 valence electrons. The van der Waals surface area contributed by atoms with Gasteiger partial charge in [0.15, 0.2) is 0 Å². The minimum absolute atomic E-state index is 0.689. The molecule has 1 rings (SSSR count). The largest absolute Gasteiger partial charge is 0.396 e. The highest BCUT2D eigenvalue weighted by atomic mass is 16.6. The van der Waals surface area contributed by atoms with Crippen LogP contribution in [0.15, 0.2) is 5.16 Å². The predicted molar refractivity (Wildman–Crippen MR) is 50.3 cm³/mol. The average molecular weight is 170 g/mol. The number of hydrogen-bond acceptors (Lipinski definition) is 3. The SMILES string of the molecule is C/C=N/OCC1CCN(CC)C1. The zero-order valence-electron chi connectivity index (χ0n) is 7.99. The van der Waals surface area contributed by atoms with Crippen molar-refractivity contribution in [3.8, 4) is 0 Å². The molecule has 0 N–H and O–H groups in total. The first-order chi connectivity index (χ1) is 5.86. The van der Waals surface area contributed by atoms with Gasteiger partial charge >= 0.3 is 0 Å². The number of rotatable bonds is 4. The monoisotopic (exact) mass is 170 g/mol. The molecule has 12 heavy (non-hydrogen) atoms. The molecular weight excluding hydrogens is 152 g/mol. The number of oxime groups is 1. The van der Waals surface area contributed by atoms with Crippen LogP contribution >= 0.6 is 0 Å². The van der Waals surface area contributed by atoms with Crippen LogP contribution in [-0.4, -0.2) is 37.4 Å². The standard InChI is InChI=1S/C9H18N2O/c1-3-10-12-8-9-5-6-11(4-2)7-9/h3,9H,4-8H2,1-2H3/b10-3+. The zero-order chi connectivity index (χ0) is 8.81. The Morgan fingerprint density at radius 2 is 2.50 bits per heavy atom. The van der Waals surface area contributed by atoms with E-state index in [1.807, 2.05) is 6.92 Å². The van der Waals surface area contributed by atoms with Gasteiger partial charge in [-0.3, -0.25) is 0 Å². The molecule has 0 radical (unpaired) electrons. The Kier molecular flexibility index (Phi) is 4.08. The van der Waals surface area contributed by atoms with E-state index in [2.05, 4.69) is 17.0 Å². The van der Waals surface area contributed by atoms with Gasteiger partial charge in [-0.15, -0.1) is 0 Å². The van der Waals surface area contributed by atoms with Crippen molar-refractivity contribution in [2.75, 3.05) is 26.2 Å². The van der Waals surface area contributed by atoms with Gasteiger partial charge in [-0.1, -0.05) is 12.1 Å². The van der Waals surface area contributed by atoms with Crippen molar-refractivity contribution in [3.63, 3.8) is 0 Å². The van der Waals surface area contributed by atoms with Crippen LogP contribution in [0.25, 0.3) is 0 Å². The summed E-state index contributed by atoms with van der Waals surface area (Å²) in [6.07, 6.45) is 2.94. The van der Waals surface area contributed by atoms with Crippen LogP contribution < -0.4 is 0 Å². The molecule has 1 saturated heterocycles. The fourth-order valence-corrected chi connectivity index (χ4v) is 1.56. The molecule has 0 bridgehead atoms. The molecule has 3 nitrogen and oxygen atoms in total. The quantitative estimate of drug-likeness (QED) is 0.470. The molecule has 0 aromatic carbocycles. The van der Waals surface area contributed by atoms with Crippen molar-refractivity contribution in [3.05, 3.63) is 0 Å². The van der Waals surface area contributed by atoms with Gasteiger partial charge in [-0.25, -0.2) is 0 Å². The summed E-state index contributed by atoms with van der Waals surface area (Å²) >= 11 is 0. The summed E-state index contributed by atoms with van der Waals surface area (Å²) in [6.45, 7) is 8.41. The molecule has 1 fully saturated rings. The minimum atomic E-state index is 0.689. The summed E-state index contributed by atoms with van der Waals surface area (Å²) < 4.78 is 0. The molecule has 1 aliphatic heterocycles. The lowest BCUT2D eigenvalue weighted by Gasteiger charge is -2.11. The van der Waals surface area contributed by atoms with Crippen molar-refractivity contribution in [2.24, 2.45) is 11.1 Å². The Bertz CT molecular complexity index is 147. The Balaban J connectivity index is 2.10. The summed E-state index contributed by atoms with van der Waals surface area (Å²) in [4.78, 5) is 7.55. The third-order valence-electron chi connectivity index (χ3n) is 2.31. The van der Waals surface area contributed by atoms with Crippen LogP contribution in [0.5, 0.6) is 0 Å². The lowest BCUT2D eigenvalue weighted by atomic mass is 10.1. The van der Waals surface area contributed by atoms with E-state index in [1.165, 1.54) is 19.5 Å². The lowest BCUT2D eigenvalue weighted by Crippen LogP contribution is -2.20. The topological polar surface area (TPSA) is 24.8 Å². The van der Waals surface area contributed by atoms with Crippen LogP contribution in [0.1, 0.15) is 20.3 Å². The first kappa shape index (κ1) is 9.52. The second kappa shape index (κ2) is 5.14. The van der Waals surface area contributed by atoms with Crippen LogP contribution in [0.2, 0.25) is 0 Å². The van der Waals surface area contributed by atoms with E-state index in [1.54, 1.807) is 6.21 Å². The maximum Gasteiger partial charge on any atom is 0.121 e. The molecule has 0 aliphatic carbocycles. The first-order valence-corrected chi connectivity index (χ1v) is 4.69. The van der Waals surface area contributed by atoms with Gasteiger partial charge in [0.1, 0.15) is 6.61 Å². The Morgan fingerprint density at radius 3 is 3.08 bits per heavy atom. The third-order valence-corrected chi connectivity index (χ3v) is 2.31. The Hall–Kier alpha value is -0.570. The van der Waals surface area contributed by atoms with Gasteiger partial charge in [0.2, 0.25) is 0 Å². The van der Waals surface area contributed by atoms with Crippen LogP contribution in [0.3, 0.4) is 0 Å². The molecule has 1 unspecified atom stereocenters. The van der Waals surface area contributed by atoms with Crippen LogP contribution in [0.4, 0.5) is 0 Å². The predicted octanol–water partition coefficient (Wildman–Crippen LogP) is 1.35. The molecular formula is C9H18N2O. The van der Waals surface area contributed by atoms with Crippen molar-refractivity contribution in [1.29, 1.82) is 0 Å². The minimum Gasteiger partial charge on any atom is -0.396 e. The summed E-state index contributed by atoms with van der Waals surface area (Å²) in [5.41, 5.74) is 0. The van der Waals surface area contributed by atoms with E-state index in [0.29, 0.717) is 5.92 Å². The molecule has 0 aromatic rings. The van der Waals surface area contributed by atoms with Crippen molar-refractivity contribution < 1.29 is 4.84 Å². The van der Waals surface area contributed by atoms with Crippen molar-refractivity contribution in [1.82, 2.24) is 4.90 Å². The van der Waals surface area contributed by atoms with E-state index >= 15 is 0 Å². The molecule has 0 spiro atoms. The summed E-state index contributed by atoms with van der Waals surface area (Å²) in [7, 11) is 0. The highest BCUT2D eigenvalue weighted by Gasteiger charge is 2.21. The highest BCUT2D eigenvalue weighted by molar-refractivity contribution is 5.52. The Labute approximate surface area is 74.4 Å². The van der Waals surface area contributed by atoms with Gasteiger partial charge < -0.3 is 9.74 Å². The van der Waals surface area contributed by atoms with E-state index in [-0.39, 0.29) is 0 Å². The molecule has 1 aliphatic rings. The van der Waals surface area contributed by atoms with Crippen molar-refractivity contribution >= 4 is 6.21 Å². The molecule has 0 amide bonds. The van der Waals surface area contributed by atoms with E-state index in [4.69, 9.17) is 4.84 Å². The summed E-state index contributed by atoms with van der Waals surface area (Å²) in [5.74, 6) is 0.689. The smallest absolute Gasteiger partial charge is 0.121 e. The molecule has 3 heteroatoms. The van der Waals surface area contributed by atoms with Crippen molar-refractivity contribution in [2.45, 2.75) is 20.3 Å². The van der Waals surface area contributed by atoms with Gasteiger partial charge in [0.05, 0.1) is 0 Å². The van der Waals surface area contributed by atoms with E-state index in [9.17, 15) is 0 Å². The fourth-order valence-electron chi connectivity index (χ4n) is 1.56. The molecule has 1 heterocycles. The number of hydrogen-bond donors (Lipinski definition) is 0. The van der Waals surface area contributed by atoms with Gasteiger partial charge in [0.25, 0.3) is 0 Å². The molecule has 0 saturated carbocycles. The number of nitrogens with zero attached hydrogens (tertiary/aromatic N) is 2. The fraction of sp³-hybridized carbons (Fsp3) is 0.889. The van der Waals surface area contributed by atoms with Crippen LogP contribution in [-0.2, 0) is 4.84 Å². The number of likely N-dealkylation sites (tertiary alicyclic amines) is 1. The lowest BCUT2D eigenvalue weighted by molar-refractivity contribution is 0.110. The Morgan fingerprint density at radius 1 is 1.67 bits per heavy atom. The van der Waals surface area contributed by atoms with Gasteiger partial charge in [-0.2, -0.15) is 0 Å².